The summed E-state index contributed by atoms with van der Waals surface area (Å²) in [6, 6.07) is 18.7. The van der Waals surface area contributed by atoms with Gasteiger partial charge in [-0.2, -0.15) is 0 Å². The number of hydrogen-bond acceptors (Lipinski definition) is 6. The number of carbonyl (C=O) groups excluding carboxylic acids is 1. The van der Waals surface area contributed by atoms with Crippen molar-refractivity contribution in [2.24, 2.45) is 0 Å². The second-order valence-corrected chi connectivity index (χ2v) is 10.6. The molecule has 37 heavy (non-hydrogen) atoms. The summed E-state index contributed by atoms with van der Waals surface area (Å²) in [4.78, 5) is 17.3. The second kappa shape index (κ2) is 11.1. The number of amides is 1. The van der Waals surface area contributed by atoms with Gasteiger partial charge in [-0.1, -0.05) is 42.5 Å². The molecule has 3 aromatic carbocycles. The van der Waals surface area contributed by atoms with Gasteiger partial charge in [0.15, 0.2) is 11.5 Å². The Morgan fingerprint density at radius 2 is 1.51 bits per heavy atom. The van der Waals surface area contributed by atoms with E-state index in [-0.39, 0.29) is 29.5 Å². The van der Waals surface area contributed by atoms with Crippen LogP contribution in [0.5, 0.6) is 11.5 Å². The molecule has 1 aliphatic heterocycles. The Hall–Kier alpha value is -3.79. The average molecular weight is 528 g/mol. The van der Waals surface area contributed by atoms with Crippen LogP contribution in [0, 0.1) is 5.82 Å². The number of nitrogens with zero attached hydrogens (tertiary/aromatic N) is 3. The first-order chi connectivity index (χ1) is 17.7. The fourth-order valence-corrected chi connectivity index (χ4v) is 5.30. The summed E-state index contributed by atoms with van der Waals surface area (Å²) in [7, 11) is -0.874. The van der Waals surface area contributed by atoms with Gasteiger partial charge in [-0.3, -0.25) is 9.10 Å². The summed E-state index contributed by atoms with van der Waals surface area (Å²) in [6.07, 6.45) is 1.11. The number of ether oxygens (including phenoxy) is 2. The zero-order chi connectivity index (χ0) is 26.6. The summed E-state index contributed by atoms with van der Waals surface area (Å²) in [5.41, 5.74) is 1.64. The summed E-state index contributed by atoms with van der Waals surface area (Å²) >= 11 is 0. The van der Waals surface area contributed by atoms with Crippen LogP contribution in [0.25, 0.3) is 0 Å². The number of halogens is 1. The van der Waals surface area contributed by atoms with Crippen LogP contribution < -0.4 is 18.7 Å². The minimum atomic E-state index is -3.78. The summed E-state index contributed by atoms with van der Waals surface area (Å²) < 4.78 is 52.3. The van der Waals surface area contributed by atoms with Crippen molar-refractivity contribution in [2.75, 3.05) is 55.9 Å². The number of carbonyl (C=O) groups is 1. The van der Waals surface area contributed by atoms with Gasteiger partial charge < -0.3 is 19.3 Å². The van der Waals surface area contributed by atoms with Crippen LogP contribution in [-0.4, -0.2) is 65.9 Å². The van der Waals surface area contributed by atoms with Gasteiger partial charge in [0.1, 0.15) is 5.82 Å². The maximum atomic E-state index is 14.3. The van der Waals surface area contributed by atoms with Crippen molar-refractivity contribution < 1.29 is 27.1 Å². The first-order valence-electron chi connectivity index (χ1n) is 11.8. The molecule has 1 aliphatic rings. The molecule has 0 spiro atoms. The topological polar surface area (TPSA) is 79.4 Å². The second-order valence-electron chi connectivity index (χ2n) is 8.71. The number of rotatable bonds is 8. The average Bonchev–Trinajstić information content (AvgIpc) is 2.91. The van der Waals surface area contributed by atoms with Crippen LogP contribution in [0.2, 0.25) is 0 Å². The van der Waals surface area contributed by atoms with Crippen molar-refractivity contribution in [1.82, 2.24) is 4.90 Å². The molecular formula is C27H30FN3O5S. The van der Waals surface area contributed by atoms with Crippen LogP contribution in [0.3, 0.4) is 0 Å². The zero-order valence-corrected chi connectivity index (χ0v) is 21.9. The van der Waals surface area contributed by atoms with E-state index in [0.29, 0.717) is 43.4 Å². The Morgan fingerprint density at radius 3 is 2.11 bits per heavy atom. The van der Waals surface area contributed by atoms with Crippen molar-refractivity contribution in [1.29, 1.82) is 0 Å². The van der Waals surface area contributed by atoms with E-state index >= 15 is 0 Å². The molecule has 0 aromatic heterocycles. The summed E-state index contributed by atoms with van der Waals surface area (Å²) in [5, 5.41) is 0. The number of sulfonamides is 1. The maximum Gasteiger partial charge on any atom is 0.256 e. The van der Waals surface area contributed by atoms with Crippen LogP contribution >= 0.6 is 0 Å². The Kier molecular flexibility index (Phi) is 7.87. The van der Waals surface area contributed by atoms with E-state index in [1.807, 2.05) is 35.2 Å². The number of benzene rings is 3. The molecule has 0 N–H and O–H groups in total. The highest BCUT2D eigenvalue weighted by atomic mass is 32.2. The van der Waals surface area contributed by atoms with Gasteiger partial charge in [0, 0.05) is 32.2 Å². The molecule has 1 amide bonds. The number of piperazine rings is 1. The third-order valence-corrected chi connectivity index (χ3v) is 7.46. The molecule has 0 bridgehead atoms. The number of para-hydroxylation sites is 1. The van der Waals surface area contributed by atoms with Crippen molar-refractivity contribution in [3.8, 4) is 11.5 Å². The quantitative estimate of drug-likeness (QED) is 0.444. The zero-order valence-electron chi connectivity index (χ0n) is 21.1. The third kappa shape index (κ3) is 5.80. The van der Waals surface area contributed by atoms with E-state index in [9.17, 15) is 17.6 Å². The molecule has 0 aliphatic carbocycles. The highest BCUT2D eigenvalue weighted by Gasteiger charge is 2.30. The molecule has 1 heterocycles. The largest absolute Gasteiger partial charge is 0.493 e. The Bertz CT molecular complexity index is 1360. The molecule has 10 heteroatoms. The van der Waals surface area contributed by atoms with Crippen molar-refractivity contribution in [3.05, 3.63) is 83.7 Å². The van der Waals surface area contributed by atoms with Gasteiger partial charge in [0.25, 0.3) is 5.91 Å². The first-order valence-corrected chi connectivity index (χ1v) is 13.6. The highest BCUT2D eigenvalue weighted by Crippen LogP contribution is 2.37. The molecule has 8 nitrogen and oxygen atoms in total. The van der Waals surface area contributed by atoms with Gasteiger partial charge >= 0.3 is 0 Å². The van der Waals surface area contributed by atoms with Crippen molar-refractivity contribution >= 4 is 27.3 Å². The minimum absolute atomic E-state index is 0.0382. The lowest BCUT2D eigenvalue weighted by molar-refractivity contribution is 0.0747. The van der Waals surface area contributed by atoms with E-state index < -0.39 is 10.0 Å². The van der Waals surface area contributed by atoms with Crippen molar-refractivity contribution in [3.63, 3.8) is 0 Å². The van der Waals surface area contributed by atoms with Crippen molar-refractivity contribution in [2.45, 2.75) is 6.54 Å². The van der Waals surface area contributed by atoms with Gasteiger partial charge in [0.2, 0.25) is 10.0 Å². The number of hydrogen-bond donors (Lipinski definition) is 0. The van der Waals surface area contributed by atoms with Crippen LogP contribution in [-0.2, 0) is 16.6 Å². The number of methoxy groups -OCH3 is 2. The predicted molar refractivity (Wildman–Crippen MR) is 142 cm³/mol. The first kappa shape index (κ1) is 26.3. The highest BCUT2D eigenvalue weighted by molar-refractivity contribution is 7.92. The molecule has 1 fully saturated rings. The lowest BCUT2D eigenvalue weighted by Gasteiger charge is -2.37. The normalized spacial score (nSPS) is 13.8. The fraction of sp³-hybridized carbons (Fsp3) is 0.296. The Balaban J connectivity index is 1.69. The molecule has 0 radical (unpaired) electrons. The summed E-state index contributed by atoms with van der Waals surface area (Å²) in [6.45, 7) is 1.61. The molecule has 0 unspecified atom stereocenters. The van der Waals surface area contributed by atoms with E-state index in [0.717, 1.165) is 11.8 Å². The lowest BCUT2D eigenvalue weighted by Crippen LogP contribution is -2.49. The SMILES string of the molecule is COc1cc(C(=O)N2CCN(c3ccccc3F)CC2)c(N(Cc2ccccc2)S(C)(=O)=O)cc1OC. The van der Waals surface area contributed by atoms with Gasteiger partial charge in [-0.15, -0.1) is 0 Å². The van der Waals surface area contributed by atoms with Crippen LogP contribution in [0.4, 0.5) is 15.8 Å². The minimum Gasteiger partial charge on any atom is -0.493 e. The standard InChI is InChI=1S/C27H30FN3O5S/c1-35-25-17-21(27(32)30-15-13-29(14-16-30)23-12-8-7-11-22(23)28)24(18-26(25)36-2)31(37(3,33)34)19-20-9-5-4-6-10-20/h4-12,17-18H,13-16,19H2,1-3H3. The molecule has 3 aromatic rings. The van der Waals surface area contributed by atoms with Gasteiger partial charge in [-0.05, 0) is 23.8 Å². The molecule has 0 saturated carbocycles. The monoisotopic (exact) mass is 527 g/mol. The Labute approximate surface area is 216 Å². The fourth-order valence-electron chi connectivity index (χ4n) is 4.41. The van der Waals surface area contributed by atoms with E-state index in [1.54, 1.807) is 23.1 Å². The maximum absolute atomic E-state index is 14.3. The molecule has 0 atom stereocenters. The Morgan fingerprint density at radius 1 is 0.919 bits per heavy atom. The third-order valence-electron chi connectivity index (χ3n) is 6.33. The smallest absolute Gasteiger partial charge is 0.256 e. The molecule has 1 saturated heterocycles. The predicted octanol–water partition coefficient (Wildman–Crippen LogP) is 3.77. The molecule has 4 rings (SSSR count). The van der Waals surface area contributed by atoms with E-state index in [2.05, 4.69) is 0 Å². The van der Waals surface area contributed by atoms with E-state index in [4.69, 9.17) is 9.47 Å². The van der Waals surface area contributed by atoms with Gasteiger partial charge in [0.05, 0.1) is 44.0 Å². The molecular weight excluding hydrogens is 497 g/mol. The van der Waals surface area contributed by atoms with Crippen LogP contribution in [0.15, 0.2) is 66.7 Å². The molecule has 196 valence electrons. The van der Waals surface area contributed by atoms with Gasteiger partial charge in [-0.25, -0.2) is 12.8 Å². The summed E-state index contributed by atoms with van der Waals surface area (Å²) in [5.74, 6) is -0.0344. The lowest BCUT2D eigenvalue weighted by atomic mass is 10.1. The van der Waals surface area contributed by atoms with Crippen LogP contribution in [0.1, 0.15) is 15.9 Å². The number of anilines is 2. The van der Waals surface area contributed by atoms with E-state index in [1.165, 1.54) is 36.7 Å².